The highest BCUT2D eigenvalue weighted by molar-refractivity contribution is 14.1. The second-order valence-corrected chi connectivity index (χ2v) is 8.91. The van der Waals surface area contributed by atoms with Gasteiger partial charge in [-0.1, -0.05) is 36.4 Å². The standard InChI is InChI=1S/C21H15IO6S/c22-18-12-15(7-9-19(18)29(24,25)26)27-10-11-28-21(23)17-8-6-14-5-4-13-2-1-3-16(17)20(13)14/h1-9,12H,10-11H2,(H,24,25,26). The van der Waals surface area contributed by atoms with Crippen molar-refractivity contribution >= 4 is 61.6 Å². The van der Waals surface area contributed by atoms with E-state index in [0.29, 0.717) is 14.9 Å². The SMILES string of the molecule is O=C(OCCOc1ccc(S(=O)(=O)O)c(I)c1)c1ccc2c3c(cccc13)C=C2. The minimum atomic E-state index is -4.27. The molecule has 6 nitrogen and oxygen atoms in total. The van der Waals surface area contributed by atoms with Gasteiger partial charge < -0.3 is 9.47 Å². The summed E-state index contributed by atoms with van der Waals surface area (Å²) in [7, 11) is -4.27. The maximum absolute atomic E-state index is 12.5. The van der Waals surface area contributed by atoms with Crippen LogP contribution in [0.4, 0.5) is 0 Å². The molecule has 0 unspecified atom stereocenters. The van der Waals surface area contributed by atoms with E-state index in [2.05, 4.69) is 0 Å². The molecule has 148 valence electrons. The van der Waals surface area contributed by atoms with Gasteiger partial charge in [0.25, 0.3) is 10.1 Å². The largest absolute Gasteiger partial charge is 0.490 e. The number of hydrogen-bond acceptors (Lipinski definition) is 5. The topological polar surface area (TPSA) is 89.9 Å². The van der Waals surface area contributed by atoms with Crippen LogP contribution >= 0.6 is 22.6 Å². The van der Waals surface area contributed by atoms with Gasteiger partial charge in [-0.2, -0.15) is 8.42 Å². The van der Waals surface area contributed by atoms with Gasteiger partial charge in [-0.15, -0.1) is 0 Å². The number of rotatable bonds is 6. The Morgan fingerprint density at radius 1 is 1.00 bits per heavy atom. The highest BCUT2D eigenvalue weighted by Crippen LogP contribution is 2.33. The lowest BCUT2D eigenvalue weighted by Gasteiger charge is -2.11. The lowest BCUT2D eigenvalue weighted by molar-refractivity contribution is 0.0452. The fraction of sp³-hybridized carbons (Fsp3) is 0.0952. The van der Waals surface area contributed by atoms with Crippen molar-refractivity contribution in [1.82, 2.24) is 0 Å². The van der Waals surface area contributed by atoms with Crippen LogP contribution < -0.4 is 4.74 Å². The van der Waals surface area contributed by atoms with Gasteiger partial charge in [0.05, 0.1) is 5.56 Å². The van der Waals surface area contributed by atoms with Crippen LogP contribution in [0.3, 0.4) is 0 Å². The quantitative estimate of drug-likeness (QED) is 0.175. The van der Waals surface area contributed by atoms with Crippen LogP contribution in [-0.4, -0.2) is 32.2 Å². The molecule has 1 aliphatic rings. The van der Waals surface area contributed by atoms with Crippen LogP contribution in [0.1, 0.15) is 21.5 Å². The summed E-state index contributed by atoms with van der Waals surface area (Å²) in [5.41, 5.74) is 2.67. The van der Waals surface area contributed by atoms with Crippen molar-refractivity contribution in [2.24, 2.45) is 0 Å². The van der Waals surface area contributed by atoms with Gasteiger partial charge in [-0.05, 0) is 68.8 Å². The molecule has 3 aromatic carbocycles. The molecule has 0 fully saturated rings. The number of ether oxygens (including phenoxy) is 2. The summed E-state index contributed by atoms with van der Waals surface area (Å²) in [6, 6.07) is 13.7. The van der Waals surface area contributed by atoms with Crippen LogP contribution in [0, 0.1) is 3.57 Å². The highest BCUT2D eigenvalue weighted by atomic mass is 127. The number of benzene rings is 3. The third-order valence-corrected chi connectivity index (χ3v) is 6.70. The van der Waals surface area contributed by atoms with Crippen molar-refractivity contribution in [2.45, 2.75) is 4.90 Å². The fourth-order valence-corrected chi connectivity index (χ4v) is 5.12. The molecule has 8 heteroatoms. The average Bonchev–Trinajstić information content (AvgIpc) is 3.09. The Morgan fingerprint density at radius 2 is 1.76 bits per heavy atom. The van der Waals surface area contributed by atoms with E-state index in [1.165, 1.54) is 18.2 Å². The molecular formula is C21H15IO6S. The molecule has 1 N–H and O–H groups in total. The Kier molecular flexibility index (Phi) is 5.32. The molecule has 0 radical (unpaired) electrons. The first-order valence-corrected chi connectivity index (χ1v) is 11.2. The molecule has 1 aliphatic carbocycles. The molecule has 0 saturated heterocycles. The highest BCUT2D eigenvalue weighted by Gasteiger charge is 2.17. The lowest BCUT2D eigenvalue weighted by atomic mass is 9.99. The third-order valence-electron chi connectivity index (χ3n) is 4.53. The van der Waals surface area contributed by atoms with Gasteiger partial charge in [0.15, 0.2) is 0 Å². The molecule has 0 atom stereocenters. The lowest BCUT2D eigenvalue weighted by Crippen LogP contribution is -2.13. The zero-order chi connectivity index (χ0) is 20.6. The maximum Gasteiger partial charge on any atom is 0.338 e. The summed E-state index contributed by atoms with van der Waals surface area (Å²) >= 11 is 1.80. The number of hydrogen-bond donors (Lipinski definition) is 1. The first-order valence-electron chi connectivity index (χ1n) is 8.65. The van der Waals surface area contributed by atoms with E-state index in [1.54, 1.807) is 28.7 Å². The van der Waals surface area contributed by atoms with Gasteiger partial charge in [0.1, 0.15) is 23.9 Å². The zero-order valence-corrected chi connectivity index (χ0v) is 17.9. The molecule has 0 saturated carbocycles. The van der Waals surface area contributed by atoms with E-state index in [1.807, 2.05) is 36.4 Å². The normalized spacial score (nSPS) is 12.3. The third kappa shape index (κ3) is 4.00. The van der Waals surface area contributed by atoms with Crippen molar-refractivity contribution in [3.05, 3.63) is 68.8 Å². The maximum atomic E-state index is 12.5. The van der Waals surface area contributed by atoms with Gasteiger partial charge >= 0.3 is 5.97 Å². The predicted octanol–water partition coefficient (Wildman–Crippen LogP) is 4.41. The minimum Gasteiger partial charge on any atom is -0.490 e. The van der Waals surface area contributed by atoms with Crippen LogP contribution in [0.15, 0.2) is 53.4 Å². The summed E-state index contributed by atoms with van der Waals surface area (Å²) in [6.07, 6.45) is 4.05. The van der Waals surface area contributed by atoms with Gasteiger partial charge in [-0.25, -0.2) is 4.79 Å². The molecule has 0 bridgehead atoms. The Morgan fingerprint density at radius 3 is 2.48 bits per heavy atom. The first kappa shape index (κ1) is 19.9. The Balaban J connectivity index is 1.39. The number of carbonyl (C=O) groups is 1. The molecule has 4 rings (SSSR count). The van der Waals surface area contributed by atoms with E-state index < -0.39 is 16.1 Å². The smallest absolute Gasteiger partial charge is 0.338 e. The summed E-state index contributed by atoms with van der Waals surface area (Å²) < 4.78 is 42.8. The van der Waals surface area contributed by atoms with E-state index in [-0.39, 0.29) is 18.1 Å². The zero-order valence-electron chi connectivity index (χ0n) is 15.0. The Labute approximate surface area is 181 Å². The van der Waals surface area contributed by atoms with Crippen molar-refractivity contribution < 1.29 is 27.2 Å². The summed E-state index contributed by atoms with van der Waals surface area (Å²) in [5.74, 6) is -0.0187. The van der Waals surface area contributed by atoms with E-state index in [4.69, 9.17) is 14.0 Å². The molecular weight excluding hydrogens is 507 g/mol. The molecule has 3 aromatic rings. The van der Waals surface area contributed by atoms with Crippen molar-refractivity contribution in [3.63, 3.8) is 0 Å². The van der Waals surface area contributed by atoms with Crippen LogP contribution in [0.2, 0.25) is 0 Å². The molecule has 29 heavy (non-hydrogen) atoms. The number of esters is 1. The molecule has 0 heterocycles. The Hall–Kier alpha value is -2.43. The van der Waals surface area contributed by atoms with Gasteiger partial charge in [0, 0.05) is 3.57 Å². The molecule has 0 amide bonds. The molecule has 0 spiro atoms. The average molecular weight is 522 g/mol. The summed E-state index contributed by atoms with van der Waals surface area (Å²) in [4.78, 5) is 12.3. The fourth-order valence-electron chi connectivity index (χ4n) is 3.25. The Bertz CT molecular complexity index is 1250. The number of carbonyl (C=O) groups excluding carboxylic acids is 1. The minimum absolute atomic E-state index is 0.0383. The molecule has 0 aliphatic heterocycles. The second kappa shape index (κ2) is 7.77. The number of halogens is 1. The van der Waals surface area contributed by atoms with Gasteiger partial charge in [0.2, 0.25) is 0 Å². The van der Waals surface area contributed by atoms with Gasteiger partial charge in [-0.3, -0.25) is 4.55 Å². The van der Waals surface area contributed by atoms with Crippen molar-refractivity contribution in [1.29, 1.82) is 0 Å². The monoisotopic (exact) mass is 522 g/mol. The molecule has 0 aromatic heterocycles. The van der Waals surface area contributed by atoms with Crippen molar-refractivity contribution in [2.75, 3.05) is 13.2 Å². The second-order valence-electron chi connectivity index (χ2n) is 6.36. The first-order chi connectivity index (χ1) is 13.8. The summed E-state index contributed by atoms with van der Waals surface area (Å²) in [6.45, 7) is 0.145. The van der Waals surface area contributed by atoms with E-state index in [9.17, 15) is 13.2 Å². The van der Waals surface area contributed by atoms with E-state index >= 15 is 0 Å². The summed E-state index contributed by atoms with van der Waals surface area (Å²) in [5, 5.41) is 1.90. The van der Waals surface area contributed by atoms with Crippen LogP contribution in [0.5, 0.6) is 5.75 Å². The van der Waals surface area contributed by atoms with Crippen molar-refractivity contribution in [3.8, 4) is 5.75 Å². The van der Waals surface area contributed by atoms with Crippen LogP contribution in [-0.2, 0) is 14.9 Å². The predicted molar refractivity (Wildman–Crippen MR) is 118 cm³/mol. The van der Waals surface area contributed by atoms with E-state index in [0.717, 1.165) is 21.9 Å². The van der Waals surface area contributed by atoms with Crippen LogP contribution in [0.25, 0.3) is 22.9 Å².